The Balaban J connectivity index is 2.40. The molecule has 0 radical (unpaired) electrons. The molecule has 1 heterocycles. The number of aryl methyl sites for hydroxylation is 1. The molecule has 4 nitrogen and oxygen atoms in total. The highest BCUT2D eigenvalue weighted by molar-refractivity contribution is 6.09. The Morgan fingerprint density at radius 3 is 2.11 bits per heavy atom. The maximum Gasteiger partial charge on any atom is 0.194 e. The van der Waals surface area contributed by atoms with Gasteiger partial charge in [-0.05, 0) is 31.2 Å². The molecule has 2 aromatic rings. The van der Waals surface area contributed by atoms with Gasteiger partial charge in [0.05, 0.1) is 14.2 Å². The van der Waals surface area contributed by atoms with Crippen molar-refractivity contribution >= 4 is 5.78 Å². The van der Waals surface area contributed by atoms with E-state index >= 15 is 0 Å². The number of ketones is 1. The number of pyridine rings is 1. The predicted molar refractivity (Wildman–Crippen MR) is 72.0 cm³/mol. The number of carbonyl (C=O) groups is 1. The van der Waals surface area contributed by atoms with E-state index in [1.807, 2.05) is 13.0 Å². The second-order valence-electron chi connectivity index (χ2n) is 4.12. The lowest BCUT2D eigenvalue weighted by atomic mass is 10.0. The average Bonchev–Trinajstić information content (AvgIpc) is 2.46. The van der Waals surface area contributed by atoms with Gasteiger partial charge in [-0.2, -0.15) is 0 Å². The SMILES string of the molecule is COc1cc(OC)cc(C(=O)c2ccc(C)nc2)c1. The van der Waals surface area contributed by atoms with Crippen LogP contribution >= 0.6 is 0 Å². The first-order chi connectivity index (χ1) is 9.13. The van der Waals surface area contributed by atoms with Crippen molar-refractivity contribution in [3.05, 3.63) is 53.3 Å². The zero-order valence-corrected chi connectivity index (χ0v) is 11.1. The first-order valence-corrected chi connectivity index (χ1v) is 5.84. The van der Waals surface area contributed by atoms with Crippen molar-refractivity contribution < 1.29 is 14.3 Å². The second-order valence-corrected chi connectivity index (χ2v) is 4.12. The quantitative estimate of drug-likeness (QED) is 0.790. The van der Waals surface area contributed by atoms with Crippen molar-refractivity contribution in [2.75, 3.05) is 14.2 Å². The van der Waals surface area contributed by atoms with E-state index in [0.29, 0.717) is 22.6 Å². The molecule has 0 bridgehead atoms. The Morgan fingerprint density at radius 2 is 1.63 bits per heavy atom. The minimum Gasteiger partial charge on any atom is -0.497 e. The molecule has 0 aliphatic rings. The van der Waals surface area contributed by atoms with Gasteiger partial charge in [0.1, 0.15) is 11.5 Å². The zero-order valence-electron chi connectivity index (χ0n) is 11.1. The van der Waals surface area contributed by atoms with Gasteiger partial charge in [0.25, 0.3) is 0 Å². The lowest BCUT2D eigenvalue weighted by Gasteiger charge is -2.08. The molecule has 4 heteroatoms. The van der Waals surface area contributed by atoms with E-state index in [0.717, 1.165) is 5.69 Å². The van der Waals surface area contributed by atoms with Crippen LogP contribution in [0.2, 0.25) is 0 Å². The smallest absolute Gasteiger partial charge is 0.194 e. The molecule has 19 heavy (non-hydrogen) atoms. The molecule has 2 rings (SSSR count). The number of hydrogen-bond donors (Lipinski definition) is 0. The summed E-state index contributed by atoms with van der Waals surface area (Å²) in [4.78, 5) is 16.5. The van der Waals surface area contributed by atoms with Gasteiger partial charge in [0.2, 0.25) is 0 Å². The standard InChI is InChI=1S/C15H15NO3/c1-10-4-5-11(9-16-10)15(17)12-6-13(18-2)8-14(7-12)19-3/h4-9H,1-3H3. The molecule has 0 fully saturated rings. The first kappa shape index (κ1) is 13.1. The predicted octanol–water partition coefficient (Wildman–Crippen LogP) is 2.64. The number of benzene rings is 1. The van der Waals surface area contributed by atoms with Crippen molar-refractivity contribution in [3.8, 4) is 11.5 Å². The summed E-state index contributed by atoms with van der Waals surface area (Å²) < 4.78 is 10.3. The maximum atomic E-state index is 12.3. The normalized spacial score (nSPS) is 10.1. The summed E-state index contributed by atoms with van der Waals surface area (Å²) in [6.07, 6.45) is 1.57. The van der Waals surface area contributed by atoms with Crippen LogP contribution in [0, 0.1) is 6.92 Å². The summed E-state index contributed by atoms with van der Waals surface area (Å²) in [6, 6.07) is 8.67. The highest BCUT2D eigenvalue weighted by Gasteiger charge is 2.12. The molecule has 1 aromatic carbocycles. The van der Waals surface area contributed by atoms with Gasteiger partial charge in [-0.15, -0.1) is 0 Å². The molecule has 0 atom stereocenters. The van der Waals surface area contributed by atoms with E-state index in [-0.39, 0.29) is 5.78 Å². The molecule has 0 N–H and O–H groups in total. The topological polar surface area (TPSA) is 48.4 Å². The van der Waals surface area contributed by atoms with Gasteiger partial charge in [-0.25, -0.2) is 0 Å². The molecular weight excluding hydrogens is 242 g/mol. The van der Waals surface area contributed by atoms with Gasteiger partial charge < -0.3 is 9.47 Å². The maximum absolute atomic E-state index is 12.3. The molecular formula is C15H15NO3. The average molecular weight is 257 g/mol. The van der Waals surface area contributed by atoms with Crippen LogP contribution in [0.4, 0.5) is 0 Å². The van der Waals surface area contributed by atoms with Crippen LogP contribution < -0.4 is 9.47 Å². The van der Waals surface area contributed by atoms with Crippen molar-refractivity contribution in [1.82, 2.24) is 4.98 Å². The monoisotopic (exact) mass is 257 g/mol. The fourth-order valence-corrected chi connectivity index (χ4v) is 1.71. The number of rotatable bonds is 4. The number of methoxy groups -OCH3 is 2. The largest absolute Gasteiger partial charge is 0.497 e. The summed E-state index contributed by atoms with van der Waals surface area (Å²) in [5.41, 5.74) is 1.93. The lowest BCUT2D eigenvalue weighted by molar-refractivity contribution is 0.103. The number of aromatic nitrogens is 1. The van der Waals surface area contributed by atoms with E-state index in [9.17, 15) is 4.79 Å². The Morgan fingerprint density at radius 1 is 1.00 bits per heavy atom. The van der Waals surface area contributed by atoms with Gasteiger partial charge in [-0.1, -0.05) is 0 Å². The lowest BCUT2D eigenvalue weighted by Crippen LogP contribution is -2.03. The summed E-state index contributed by atoms with van der Waals surface area (Å²) in [5, 5.41) is 0. The minimum absolute atomic E-state index is 0.107. The molecule has 0 amide bonds. The van der Waals surface area contributed by atoms with Crippen molar-refractivity contribution in [3.63, 3.8) is 0 Å². The fraction of sp³-hybridized carbons (Fsp3) is 0.200. The molecule has 0 spiro atoms. The van der Waals surface area contributed by atoms with Crippen LogP contribution in [0.25, 0.3) is 0 Å². The van der Waals surface area contributed by atoms with Crippen molar-refractivity contribution in [2.45, 2.75) is 6.92 Å². The molecule has 0 unspecified atom stereocenters. The number of carbonyl (C=O) groups excluding carboxylic acids is 1. The van der Waals surface area contributed by atoms with E-state index in [1.54, 1.807) is 44.7 Å². The van der Waals surface area contributed by atoms with E-state index in [2.05, 4.69) is 4.98 Å². The van der Waals surface area contributed by atoms with Crippen LogP contribution in [-0.2, 0) is 0 Å². The third-order valence-electron chi connectivity index (χ3n) is 2.79. The van der Waals surface area contributed by atoms with Crippen molar-refractivity contribution in [2.24, 2.45) is 0 Å². The molecule has 0 saturated heterocycles. The van der Waals surface area contributed by atoms with Gasteiger partial charge in [-0.3, -0.25) is 9.78 Å². The highest BCUT2D eigenvalue weighted by atomic mass is 16.5. The van der Waals surface area contributed by atoms with E-state index < -0.39 is 0 Å². The summed E-state index contributed by atoms with van der Waals surface area (Å²) >= 11 is 0. The van der Waals surface area contributed by atoms with E-state index in [1.165, 1.54) is 0 Å². The Hall–Kier alpha value is -2.36. The third-order valence-corrected chi connectivity index (χ3v) is 2.79. The zero-order chi connectivity index (χ0) is 13.8. The summed E-state index contributed by atoms with van der Waals surface area (Å²) in [6.45, 7) is 1.88. The van der Waals surface area contributed by atoms with Crippen LogP contribution in [-0.4, -0.2) is 25.0 Å². The number of ether oxygens (including phenoxy) is 2. The molecule has 0 saturated carbocycles. The minimum atomic E-state index is -0.107. The number of hydrogen-bond acceptors (Lipinski definition) is 4. The summed E-state index contributed by atoms with van der Waals surface area (Å²) in [7, 11) is 3.10. The Bertz CT molecular complexity index is 569. The van der Waals surface area contributed by atoms with Crippen LogP contribution in [0.5, 0.6) is 11.5 Å². The molecule has 0 aliphatic heterocycles. The van der Waals surface area contributed by atoms with Crippen molar-refractivity contribution in [1.29, 1.82) is 0 Å². The van der Waals surface area contributed by atoms with Gasteiger partial charge in [0, 0.05) is 29.1 Å². The third kappa shape index (κ3) is 2.91. The van der Waals surface area contributed by atoms with Crippen LogP contribution in [0.15, 0.2) is 36.5 Å². The Labute approximate surface area is 112 Å². The summed E-state index contributed by atoms with van der Waals surface area (Å²) in [5.74, 6) is 1.07. The van der Waals surface area contributed by atoms with Gasteiger partial charge >= 0.3 is 0 Å². The molecule has 0 aliphatic carbocycles. The highest BCUT2D eigenvalue weighted by Crippen LogP contribution is 2.24. The number of nitrogens with zero attached hydrogens (tertiary/aromatic N) is 1. The molecule has 98 valence electrons. The van der Waals surface area contributed by atoms with E-state index in [4.69, 9.17) is 9.47 Å². The fourth-order valence-electron chi connectivity index (χ4n) is 1.71. The Kier molecular flexibility index (Phi) is 3.80. The van der Waals surface area contributed by atoms with Crippen LogP contribution in [0.1, 0.15) is 21.6 Å². The van der Waals surface area contributed by atoms with Crippen LogP contribution in [0.3, 0.4) is 0 Å². The molecule has 1 aromatic heterocycles. The second kappa shape index (κ2) is 5.52. The first-order valence-electron chi connectivity index (χ1n) is 5.84. The van der Waals surface area contributed by atoms with Gasteiger partial charge in [0.15, 0.2) is 5.78 Å².